The van der Waals surface area contributed by atoms with E-state index in [1.807, 2.05) is 64.9 Å². The van der Waals surface area contributed by atoms with Crippen molar-refractivity contribution in [2.75, 3.05) is 20.2 Å². The monoisotopic (exact) mass is 442 g/mol. The third kappa shape index (κ3) is 4.32. The molecule has 1 saturated heterocycles. The van der Waals surface area contributed by atoms with Crippen LogP contribution < -0.4 is 4.74 Å². The van der Waals surface area contributed by atoms with E-state index < -0.39 is 0 Å². The summed E-state index contributed by atoms with van der Waals surface area (Å²) in [5.41, 5.74) is 1.76. The van der Waals surface area contributed by atoms with Gasteiger partial charge in [0, 0.05) is 29.4 Å². The summed E-state index contributed by atoms with van der Waals surface area (Å²) in [4.78, 5) is 14.8. The summed E-state index contributed by atoms with van der Waals surface area (Å²) < 4.78 is 7.33. The molecule has 0 radical (unpaired) electrons. The van der Waals surface area contributed by atoms with Crippen molar-refractivity contribution in [2.24, 2.45) is 0 Å². The van der Waals surface area contributed by atoms with E-state index in [1.165, 1.54) is 11.8 Å². The van der Waals surface area contributed by atoms with Crippen LogP contribution in [0.25, 0.3) is 17.1 Å². The van der Waals surface area contributed by atoms with E-state index in [9.17, 15) is 4.79 Å². The topological polar surface area (TPSA) is 60.3 Å². The number of thioether (sulfide) groups is 1. The molecule has 8 heteroatoms. The van der Waals surface area contributed by atoms with Crippen molar-refractivity contribution in [2.45, 2.75) is 30.2 Å². The van der Waals surface area contributed by atoms with Crippen LogP contribution in [-0.2, 0) is 4.79 Å². The number of amides is 1. The van der Waals surface area contributed by atoms with Gasteiger partial charge in [0.25, 0.3) is 0 Å². The van der Waals surface area contributed by atoms with Gasteiger partial charge in [-0.15, -0.1) is 10.2 Å². The Hall–Kier alpha value is -2.51. The Kier molecular flexibility index (Phi) is 6.29. The molecule has 6 nitrogen and oxygen atoms in total. The lowest BCUT2D eigenvalue weighted by Crippen LogP contribution is -2.34. The molecule has 156 valence electrons. The van der Waals surface area contributed by atoms with Crippen molar-refractivity contribution in [3.05, 3.63) is 53.6 Å². The number of aromatic nitrogens is 3. The van der Waals surface area contributed by atoms with Crippen LogP contribution in [0.2, 0.25) is 5.02 Å². The first-order valence-electron chi connectivity index (χ1n) is 9.88. The number of nitrogens with zero attached hydrogens (tertiary/aromatic N) is 4. The first-order chi connectivity index (χ1) is 14.6. The minimum atomic E-state index is -0.253. The lowest BCUT2D eigenvalue weighted by atomic mass is 10.2. The molecule has 0 N–H and O–H groups in total. The van der Waals surface area contributed by atoms with Gasteiger partial charge in [-0.25, -0.2) is 0 Å². The second-order valence-corrected chi connectivity index (χ2v) is 8.89. The number of methoxy groups -OCH3 is 1. The fourth-order valence-electron chi connectivity index (χ4n) is 3.52. The molecule has 1 aliphatic rings. The number of benzene rings is 2. The molecule has 30 heavy (non-hydrogen) atoms. The fourth-order valence-corrected chi connectivity index (χ4v) is 4.60. The summed E-state index contributed by atoms with van der Waals surface area (Å²) >= 11 is 7.52. The summed E-state index contributed by atoms with van der Waals surface area (Å²) in [6.07, 6.45) is 2.15. The molecule has 1 amide bonds. The zero-order valence-corrected chi connectivity index (χ0v) is 18.5. The highest BCUT2D eigenvalue weighted by molar-refractivity contribution is 8.00. The van der Waals surface area contributed by atoms with Crippen molar-refractivity contribution < 1.29 is 9.53 Å². The van der Waals surface area contributed by atoms with E-state index in [0.29, 0.717) is 16.0 Å². The van der Waals surface area contributed by atoms with Crippen LogP contribution in [0.1, 0.15) is 19.8 Å². The predicted molar refractivity (Wildman–Crippen MR) is 119 cm³/mol. The van der Waals surface area contributed by atoms with Gasteiger partial charge < -0.3 is 9.64 Å². The lowest BCUT2D eigenvalue weighted by Gasteiger charge is -2.20. The summed E-state index contributed by atoms with van der Waals surface area (Å²) in [5.74, 6) is 1.57. The van der Waals surface area contributed by atoms with E-state index in [-0.39, 0.29) is 11.2 Å². The minimum absolute atomic E-state index is 0.145. The Labute approximate surface area is 185 Å². The third-order valence-corrected chi connectivity index (χ3v) is 6.38. The van der Waals surface area contributed by atoms with Crippen LogP contribution in [0.15, 0.2) is 53.7 Å². The molecule has 1 fully saturated rings. The molecular formula is C22H23ClN4O2S. The highest BCUT2D eigenvalue weighted by atomic mass is 35.5. The number of carbonyl (C=O) groups excluding carboxylic acids is 1. The van der Waals surface area contributed by atoms with Crippen molar-refractivity contribution in [3.63, 3.8) is 0 Å². The van der Waals surface area contributed by atoms with Gasteiger partial charge in [-0.05, 0) is 56.2 Å². The second kappa shape index (κ2) is 9.10. The Bertz CT molecular complexity index is 1030. The van der Waals surface area contributed by atoms with Crippen molar-refractivity contribution in [1.82, 2.24) is 19.7 Å². The molecule has 0 saturated carbocycles. The average Bonchev–Trinajstić information content (AvgIpc) is 3.44. The van der Waals surface area contributed by atoms with Crippen LogP contribution in [0.4, 0.5) is 0 Å². The molecule has 1 aromatic heterocycles. The first kappa shape index (κ1) is 20.8. The number of rotatable bonds is 6. The number of halogens is 1. The quantitative estimate of drug-likeness (QED) is 0.518. The number of hydrogen-bond donors (Lipinski definition) is 0. The van der Waals surface area contributed by atoms with E-state index in [4.69, 9.17) is 16.3 Å². The normalized spacial score (nSPS) is 14.7. The summed E-state index contributed by atoms with van der Waals surface area (Å²) in [5, 5.41) is 9.94. The van der Waals surface area contributed by atoms with Gasteiger partial charge in [-0.3, -0.25) is 9.36 Å². The maximum Gasteiger partial charge on any atom is 0.235 e. The molecule has 0 bridgehead atoms. The molecule has 1 unspecified atom stereocenters. The third-order valence-electron chi connectivity index (χ3n) is 5.09. The predicted octanol–water partition coefficient (Wildman–Crippen LogP) is 4.70. The molecule has 3 aromatic rings. The Balaban J connectivity index is 1.72. The van der Waals surface area contributed by atoms with Crippen LogP contribution in [0.5, 0.6) is 5.75 Å². The van der Waals surface area contributed by atoms with Gasteiger partial charge in [0.1, 0.15) is 5.75 Å². The molecular weight excluding hydrogens is 420 g/mol. The number of ether oxygens (including phenoxy) is 1. The van der Waals surface area contributed by atoms with Gasteiger partial charge in [-0.1, -0.05) is 35.5 Å². The number of hydrogen-bond acceptors (Lipinski definition) is 5. The van der Waals surface area contributed by atoms with Crippen molar-refractivity contribution in [3.8, 4) is 22.8 Å². The zero-order valence-electron chi connectivity index (χ0n) is 16.9. The Morgan fingerprint density at radius 1 is 1.13 bits per heavy atom. The molecule has 2 aromatic carbocycles. The van der Waals surface area contributed by atoms with Crippen LogP contribution in [-0.4, -0.2) is 51.0 Å². The minimum Gasteiger partial charge on any atom is -0.497 e. The van der Waals surface area contributed by atoms with Gasteiger partial charge in [0.05, 0.1) is 12.4 Å². The van der Waals surface area contributed by atoms with Gasteiger partial charge in [-0.2, -0.15) is 0 Å². The molecule has 4 rings (SSSR count). The highest BCUT2D eigenvalue weighted by Crippen LogP contribution is 2.32. The fraction of sp³-hybridized carbons (Fsp3) is 0.318. The summed E-state index contributed by atoms with van der Waals surface area (Å²) in [6, 6.07) is 15.2. The van der Waals surface area contributed by atoms with Crippen LogP contribution >= 0.6 is 23.4 Å². The van der Waals surface area contributed by atoms with Crippen LogP contribution in [0, 0.1) is 0 Å². The molecule has 1 atom stereocenters. The molecule has 2 heterocycles. The van der Waals surface area contributed by atoms with Gasteiger partial charge >= 0.3 is 0 Å². The summed E-state index contributed by atoms with van der Waals surface area (Å²) in [6.45, 7) is 3.60. The molecule has 0 spiro atoms. The van der Waals surface area contributed by atoms with Crippen molar-refractivity contribution >= 4 is 29.3 Å². The van der Waals surface area contributed by atoms with E-state index in [0.717, 1.165) is 42.9 Å². The first-order valence-corrected chi connectivity index (χ1v) is 11.1. The maximum absolute atomic E-state index is 12.8. The molecule has 1 aliphatic heterocycles. The van der Waals surface area contributed by atoms with Gasteiger partial charge in [0.15, 0.2) is 11.0 Å². The Morgan fingerprint density at radius 2 is 1.87 bits per heavy atom. The van der Waals surface area contributed by atoms with E-state index in [2.05, 4.69) is 10.2 Å². The zero-order chi connectivity index (χ0) is 21.1. The largest absolute Gasteiger partial charge is 0.497 e. The van der Waals surface area contributed by atoms with E-state index >= 15 is 0 Å². The number of likely N-dealkylation sites (tertiary alicyclic amines) is 1. The SMILES string of the molecule is COc1cccc(-c2nnc(SC(C)C(=O)N3CCCC3)n2-c2ccc(Cl)cc2)c1. The maximum atomic E-state index is 12.8. The number of carbonyl (C=O) groups is 1. The standard InChI is InChI=1S/C22H23ClN4O2S/c1-15(21(28)26-12-3-4-13-26)30-22-25-24-20(16-6-5-7-19(14-16)29-2)27(22)18-10-8-17(23)9-11-18/h5-11,14-15H,3-4,12-13H2,1-2H3. The van der Waals surface area contributed by atoms with E-state index in [1.54, 1.807) is 7.11 Å². The van der Waals surface area contributed by atoms with Gasteiger partial charge in [0.2, 0.25) is 5.91 Å². The highest BCUT2D eigenvalue weighted by Gasteiger charge is 2.27. The van der Waals surface area contributed by atoms with Crippen LogP contribution in [0.3, 0.4) is 0 Å². The second-order valence-electron chi connectivity index (χ2n) is 7.14. The van der Waals surface area contributed by atoms with Crippen molar-refractivity contribution in [1.29, 1.82) is 0 Å². The summed E-state index contributed by atoms with van der Waals surface area (Å²) in [7, 11) is 1.63. The lowest BCUT2D eigenvalue weighted by molar-refractivity contribution is -0.129. The molecule has 0 aliphatic carbocycles. The smallest absolute Gasteiger partial charge is 0.235 e. The Morgan fingerprint density at radius 3 is 2.57 bits per heavy atom. The average molecular weight is 443 g/mol.